The third-order valence-electron chi connectivity index (χ3n) is 2.54. The van der Waals surface area contributed by atoms with Gasteiger partial charge in [-0.1, -0.05) is 11.6 Å². The number of halogens is 1. The van der Waals surface area contributed by atoms with Gasteiger partial charge in [-0.15, -0.1) is 0 Å². The number of hydrogen-bond acceptors (Lipinski definition) is 4. The average molecular weight is 267 g/mol. The lowest BCUT2D eigenvalue weighted by Crippen LogP contribution is -2.40. The summed E-state index contributed by atoms with van der Waals surface area (Å²) in [6.07, 6.45) is 4.30. The fraction of sp³-hybridized carbons (Fsp3) is 0.182. The average Bonchev–Trinajstić information content (AvgIpc) is 2.34. The second-order valence-corrected chi connectivity index (χ2v) is 4.24. The molecule has 0 aliphatic carbocycles. The van der Waals surface area contributed by atoms with E-state index in [1.165, 1.54) is 24.0 Å². The van der Waals surface area contributed by atoms with Gasteiger partial charge in [0.25, 0.3) is 5.56 Å². The molecule has 2 aromatic rings. The van der Waals surface area contributed by atoms with Crippen LogP contribution in [-0.2, 0) is 13.6 Å². The van der Waals surface area contributed by atoms with Crippen LogP contribution in [0, 0.1) is 0 Å². The zero-order valence-electron chi connectivity index (χ0n) is 9.63. The van der Waals surface area contributed by atoms with Crippen molar-refractivity contribution in [2.24, 2.45) is 7.05 Å². The van der Waals surface area contributed by atoms with Gasteiger partial charge in [0.05, 0.1) is 11.6 Å². The van der Waals surface area contributed by atoms with E-state index in [4.69, 9.17) is 17.3 Å². The van der Waals surface area contributed by atoms with E-state index in [9.17, 15) is 9.59 Å². The molecule has 18 heavy (non-hydrogen) atoms. The van der Waals surface area contributed by atoms with Gasteiger partial charge < -0.3 is 10.3 Å². The molecular weight excluding hydrogens is 256 g/mol. The van der Waals surface area contributed by atoms with Crippen molar-refractivity contribution in [1.82, 2.24) is 14.1 Å². The van der Waals surface area contributed by atoms with Gasteiger partial charge in [-0.25, -0.2) is 4.79 Å². The van der Waals surface area contributed by atoms with Gasteiger partial charge in [-0.2, -0.15) is 0 Å². The Bertz CT molecular complexity index is 671. The summed E-state index contributed by atoms with van der Waals surface area (Å²) in [6, 6.07) is 1.65. The van der Waals surface area contributed by atoms with Crippen LogP contribution in [0.15, 0.2) is 34.2 Å². The largest absolute Gasteiger partial charge is 0.393 e. The van der Waals surface area contributed by atoms with Crippen LogP contribution in [0.2, 0.25) is 5.02 Å². The first-order valence-corrected chi connectivity index (χ1v) is 5.53. The maximum absolute atomic E-state index is 11.9. The number of anilines is 1. The number of pyridine rings is 1. The Hall–Kier alpha value is -2.08. The zero-order valence-corrected chi connectivity index (χ0v) is 10.4. The highest BCUT2D eigenvalue weighted by Gasteiger charge is 2.09. The molecule has 2 N–H and O–H groups in total. The topological polar surface area (TPSA) is 82.9 Å². The van der Waals surface area contributed by atoms with Gasteiger partial charge in [0.1, 0.15) is 5.69 Å². The molecular formula is C11H11ClN4O2. The van der Waals surface area contributed by atoms with E-state index in [1.54, 1.807) is 12.3 Å². The van der Waals surface area contributed by atoms with Crippen LogP contribution in [0.3, 0.4) is 0 Å². The maximum Gasteiger partial charge on any atom is 0.331 e. The molecule has 0 aromatic carbocycles. The van der Waals surface area contributed by atoms with Crippen molar-refractivity contribution >= 4 is 17.3 Å². The van der Waals surface area contributed by atoms with Crippen LogP contribution in [-0.4, -0.2) is 14.1 Å². The first kappa shape index (κ1) is 12.4. The highest BCUT2D eigenvalue weighted by Crippen LogP contribution is 2.13. The normalized spacial score (nSPS) is 10.6. The Kier molecular flexibility index (Phi) is 3.20. The number of nitrogen functional groups attached to an aromatic ring is 1. The summed E-state index contributed by atoms with van der Waals surface area (Å²) in [7, 11) is 1.53. The van der Waals surface area contributed by atoms with E-state index in [0.29, 0.717) is 10.6 Å². The second kappa shape index (κ2) is 4.66. The smallest absolute Gasteiger partial charge is 0.331 e. The lowest BCUT2D eigenvalue weighted by atomic mass is 10.2. The van der Waals surface area contributed by atoms with E-state index in [2.05, 4.69) is 4.98 Å². The van der Waals surface area contributed by atoms with Crippen LogP contribution in [0.5, 0.6) is 0 Å². The third kappa shape index (κ3) is 2.14. The molecule has 0 unspecified atom stereocenters. The SMILES string of the molecule is Cn1cc(N)c(=O)n(Cc2ccncc2Cl)c1=O. The van der Waals surface area contributed by atoms with E-state index < -0.39 is 11.2 Å². The number of nitrogens with zero attached hydrogens (tertiary/aromatic N) is 3. The Morgan fingerprint density at radius 2 is 2.17 bits per heavy atom. The first-order chi connectivity index (χ1) is 8.50. The van der Waals surface area contributed by atoms with Crippen LogP contribution in [0.25, 0.3) is 0 Å². The molecule has 0 saturated carbocycles. The maximum atomic E-state index is 11.9. The highest BCUT2D eigenvalue weighted by atomic mass is 35.5. The molecule has 0 spiro atoms. The third-order valence-corrected chi connectivity index (χ3v) is 2.88. The summed E-state index contributed by atoms with van der Waals surface area (Å²) < 4.78 is 2.29. The Morgan fingerprint density at radius 1 is 1.44 bits per heavy atom. The Morgan fingerprint density at radius 3 is 2.83 bits per heavy atom. The summed E-state index contributed by atoms with van der Waals surface area (Å²) in [5, 5.41) is 0.397. The van der Waals surface area contributed by atoms with E-state index >= 15 is 0 Å². The molecule has 2 heterocycles. The lowest BCUT2D eigenvalue weighted by molar-refractivity contribution is 0.643. The number of aromatic nitrogens is 3. The monoisotopic (exact) mass is 266 g/mol. The van der Waals surface area contributed by atoms with Crippen molar-refractivity contribution in [3.63, 3.8) is 0 Å². The van der Waals surface area contributed by atoms with E-state index in [-0.39, 0.29) is 12.2 Å². The molecule has 0 saturated heterocycles. The standard InChI is InChI=1S/C11H11ClN4O2/c1-15-6-9(13)10(17)16(11(15)18)5-7-2-3-14-4-8(7)12/h2-4,6H,5,13H2,1H3. The molecule has 94 valence electrons. The van der Waals surface area contributed by atoms with Gasteiger partial charge in [0.2, 0.25) is 0 Å². The molecule has 2 rings (SSSR count). The summed E-state index contributed by atoms with van der Waals surface area (Å²) in [4.78, 5) is 27.5. The van der Waals surface area contributed by atoms with Crippen LogP contribution >= 0.6 is 11.6 Å². The van der Waals surface area contributed by atoms with Crippen molar-refractivity contribution in [2.75, 3.05) is 5.73 Å². The molecule has 0 aliphatic heterocycles. The minimum absolute atomic E-state index is 0.0160. The Labute approximate surface area is 107 Å². The minimum Gasteiger partial charge on any atom is -0.393 e. The van der Waals surface area contributed by atoms with Crippen molar-refractivity contribution in [2.45, 2.75) is 6.54 Å². The zero-order chi connectivity index (χ0) is 13.3. The van der Waals surface area contributed by atoms with E-state index in [1.807, 2.05) is 0 Å². The van der Waals surface area contributed by atoms with Crippen molar-refractivity contribution in [1.29, 1.82) is 0 Å². The first-order valence-electron chi connectivity index (χ1n) is 5.15. The summed E-state index contributed by atoms with van der Waals surface area (Å²) >= 11 is 5.94. The van der Waals surface area contributed by atoms with Crippen LogP contribution in [0.1, 0.15) is 5.56 Å². The predicted molar refractivity (Wildman–Crippen MR) is 68.7 cm³/mol. The van der Waals surface area contributed by atoms with E-state index in [0.717, 1.165) is 4.57 Å². The number of nitrogens with two attached hydrogens (primary N) is 1. The summed E-state index contributed by atoms with van der Waals surface area (Å²) in [6.45, 7) is 0.0674. The fourth-order valence-corrected chi connectivity index (χ4v) is 1.77. The number of aryl methyl sites for hydroxylation is 1. The summed E-state index contributed by atoms with van der Waals surface area (Å²) in [5.74, 6) is 0. The number of rotatable bonds is 2. The fourth-order valence-electron chi connectivity index (χ4n) is 1.59. The number of hydrogen-bond donors (Lipinski definition) is 1. The van der Waals surface area contributed by atoms with Gasteiger partial charge >= 0.3 is 5.69 Å². The second-order valence-electron chi connectivity index (χ2n) is 3.84. The van der Waals surface area contributed by atoms with Gasteiger partial charge in [0, 0.05) is 25.6 Å². The molecule has 0 radical (unpaired) electrons. The molecule has 0 aliphatic rings. The van der Waals surface area contributed by atoms with Crippen LogP contribution in [0.4, 0.5) is 5.69 Å². The van der Waals surface area contributed by atoms with Crippen LogP contribution < -0.4 is 17.0 Å². The van der Waals surface area contributed by atoms with Gasteiger partial charge in [0.15, 0.2) is 0 Å². The van der Waals surface area contributed by atoms with Gasteiger partial charge in [-0.3, -0.25) is 14.3 Å². The molecule has 2 aromatic heterocycles. The molecule has 0 amide bonds. The molecule has 0 bridgehead atoms. The molecule has 6 nitrogen and oxygen atoms in total. The molecule has 0 fully saturated rings. The Balaban J connectivity index is 2.57. The van der Waals surface area contributed by atoms with Gasteiger partial charge in [-0.05, 0) is 11.6 Å². The minimum atomic E-state index is -0.522. The quantitative estimate of drug-likeness (QED) is 0.843. The lowest BCUT2D eigenvalue weighted by Gasteiger charge is -2.09. The molecule has 0 atom stereocenters. The molecule has 7 heteroatoms. The van der Waals surface area contributed by atoms with Crippen molar-refractivity contribution < 1.29 is 0 Å². The van der Waals surface area contributed by atoms with Crippen molar-refractivity contribution in [3.05, 3.63) is 56.1 Å². The predicted octanol–water partition coefficient (Wildman–Crippen LogP) is 0.226. The highest BCUT2D eigenvalue weighted by molar-refractivity contribution is 6.31. The summed E-state index contributed by atoms with van der Waals surface area (Å²) in [5.41, 5.74) is 5.23. The van der Waals surface area contributed by atoms with Crippen molar-refractivity contribution in [3.8, 4) is 0 Å².